The van der Waals surface area contributed by atoms with Crippen molar-refractivity contribution < 1.29 is 62.2 Å². The average molecular weight is 1630 g/mol. The van der Waals surface area contributed by atoms with Crippen LogP contribution in [0, 0.1) is 59.3 Å². The van der Waals surface area contributed by atoms with Crippen molar-refractivity contribution in [1.82, 2.24) is 60.7 Å². The molecule has 112 heavy (non-hydrogen) atoms. The topological polar surface area (TPSA) is 321 Å². The van der Waals surface area contributed by atoms with Crippen LogP contribution in [0.4, 0.5) is 0 Å². The number of aliphatic hydroxyl groups excluding tert-OH is 1. The van der Waals surface area contributed by atoms with Crippen LogP contribution < -0.4 is 21.3 Å². The molecule has 0 saturated carbocycles. The highest BCUT2D eigenvalue weighted by Gasteiger charge is 2.45. The van der Waals surface area contributed by atoms with Crippen LogP contribution in [0.2, 0.25) is 10.0 Å². The standard InChI is InChI=1S/C80H100Cl2N14O13S3/c1-46-50(5)111-77-67(46)69(55-17-21-58(81)22-18-55)87-61(73-92-90-52(7)95(73)77)38-64(98)83-25-27-103-29-31-105-33-35-107-42-80(12,44-109-41-66(100)89-72(79(9,10)11)76(102)94-40-60(97)37-63(94)75(101)86-48(3)54-13-15-57(16-14-54)71-49(4)85-45-110-71)43-108-36-34-106-32-30-104-28-26-84-65(99)39-62-74-93-91-53(8)96(74)78-68(47(2)51(6)112-78)70(88-62)56-19-23-59(82)24-20-56/h13-24,45,48,60-63,72,97H,25-44H2,1-12H3,(H,83,98)(H,84,99)(H,86,101)(H,89,100)/t48-,60-,61-,62-,63-,72+/m0/s1. The van der Waals surface area contributed by atoms with E-state index in [0.717, 1.165) is 86.3 Å². The molecule has 1 fully saturated rings. The number of carbonyl (C=O) groups excluding carboxylic acids is 5. The Morgan fingerprint density at radius 2 is 1.02 bits per heavy atom. The van der Waals surface area contributed by atoms with Crippen LogP contribution in [0.5, 0.6) is 0 Å². The van der Waals surface area contributed by atoms with E-state index in [2.05, 4.69) is 74.3 Å². The van der Waals surface area contributed by atoms with E-state index in [1.165, 1.54) is 4.90 Å². The van der Waals surface area contributed by atoms with Crippen LogP contribution in [-0.4, -0.2) is 216 Å². The number of carbonyl (C=O) groups is 5. The first-order valence-electron chi connectivity index (χ1n) is 37.6. The Balaban J connectivity index is 0.626. The van der Waals surface area contributed by atoms with Gasteiger partial charge in [0, 0.05) is 73.5 Å². The lowest BCUT2D eigenvalue weighted by molar-refractivity contribution is -0.145. The number of aromatic nitrogens is 7. The molecule has 5 N–H and O–H groups in total. The van der Waals surface area contributed by atoms with Gasteiger partial charge in [-0.1, -0.05) is 99.4 Å². The number of aryl methyl sites for hydroxylation is 5. The number of benzene rings is 3. The molecule has 32 heteroatoms. The van der Waals surface area contributed by atoms with Crippen molar-refractivity contribution >= 4 is 98.2 Å². The normalized spacial score (nSPS) is 16.7. The first kappa shape index (κ1) is 84.8. The van der Waals surface area contributed by atoms with Gasteiger partial charge in [0.25, 0.3) is 0 Å². The second-order valence-electron chi connectivity index (χ2n) is 29.7. The molecule has 1 saturated heterocycles. The Morgan fingerprint density at radius 1 is 0.571 bits per heavy atom. The van der Waals surface area contributed by atoms with Crippen LogP contribution in [0.15, 0.2) is 88.3 Å². The molecular formula is C80H100Cl2N14O13S3. The van der Waals surface area contributed by atoms with E-state index in [-0.39, 0.29) is 137 Å². The highest BCUT2D eigenvalue weighted by Crippen LogP contribution is 2.42. The van der Waals surface area contributed by atoms with E-state index < -0.39 is 71.5 Å². The van der Waals surface area contributed by atoms with Crippen molar-refractivity contribution in [3.8, 4) is 20.4 Å². The van der Waals surface area contributed by atoms with Crippen molar-refractivity contribution in [3.63, 3.8) is 0 Å². The molecule has 5 amide bonds. The Morgan fingerprint density at radius 3 is 1.47 bits per heavy atom. The minimum absolute atomic E-state index is 0.0149. The highest BCUT2D eigenvalue weighted by molar-refractivity contribution is 7.15. The lowest BCUT2D eigenvalue weighted by Gasteiger charge is -2.35. The molecule has 5 aromatic heterocycles. The second kappa shape index (κ2) is 38.8. The predicted octanol–water partition coefficient (Wildman–Crippen LogP) is 10.5. The first-order valence-corrected chi connectivity index (χ1v) is 40.8. The minimum atomic E-state index is -1.08. The highest BCUT2D eigenvalue weighted by atomic mass is 35.5. The molecule has 6 atom stereocenters. The van der Waals surface area contributed by atoms with Crippen molar-refractivity contribution in [3.05, 3.63) is 166 Å². The van der Waals surface area contributed by atoms with Gasteiger partial charge in [0.05, 0.1) is 138 Å². The maximum absolute atomic E-state index is 14.6. The summed E-state index contributed by atoms with van der Waals surface area (Å²) in [5.74, 6) is 0.671. The maximum Gasteiger partial charge on any atom is 0.246 e. The maximum atomic E-state index is 14.6. The van der Waals surface area contributed by atoms with Gasteiger partial charge in [0.15, 0.2) is 11.6 Å². The molecule has 0 unspecified atom stereocenters. The summed E-state index contributed by atoms with van der Waals surface area (Å²) < 4.78 is 45.8. The molecule has 600 valence electrons. The number of amides is 5. The Hall–Kier alpha value is -8.08. The van der Waals surface area contributed by atoms with Crippen LogP contribution in [0.25, 0.3) is 20.4 Å². The number of thiazole rings is 1. The zero-order valence-electron chi connectivity index (χ0n) is 65.4. The number of nitrogens with zero attached hydrogens (tertiary/aromatic N) is 10. The summed E-state index contributed by atoms with van der Waals surface area (Å²) in [6.07, 6.45) is -0.839. The van der Waals surface area contributed by atoms with E-state index in [9.17, 15) is 29.1 Å². The first-order chi connectivity index (χ1) is 53.7. The van der Waals surface area contributed by atoms with Gasteiger partial charge in [-0.2, -0.15) is 0 Å². The predicted molar refractivity (Wildman–Crippen MR) is 432 cm³/mol. The summed E-state index contributed by atoms with van der Waals surface area (Å²) in [7, 11) is 0. The quantitative estimate of drug-likeness (QED) is 0.0225. The molecule has 3 aromatic carbocycles. The van der Waals surface area contributed by atoms with E-state index in [0.29, 0.717) is 33.3 Å². The summed E-state index contributed by atoms with van der Waals surface area (Å²) >= 11 is 17.4. The number of β-amino-alcohol motifs (C(OH)–C–C–N with tert-alkyl or cyclic N) is 1. The number of rotatable bonds is 38. The fourth-order valence-electron chi connectivity index (χ4n) is 13.5. The van der Waals surface area contributed by atoms with Crippen LogP contribution in [0.1, 0.15) is 150 Å². The third-order valence-corrected chi connectivity index (χ3v) is 23.6. The molecule has 27 nitrogen and oxygen atoms in total. The molecule has 0 radical (unpaired) electrons. The van der Waals surface area contributed by atoms with E-state index >= 15 is 0 Å². The van der Waals surface area contributed by atoms with Gasteiger partial charge in [-0.25, -0.2) is 4.98 Å². The van der Waals surface area contributed by atoms with E-state index in [1.54, 1.807) is 39.5 Å². The monoisotopic (exact) mass is 1630 g/mol. The largest absolute Gasteiger partial charge is 0.391 e. The summed E-state index contributed by atoms with van der Waals surface area (Å²) in [6.45, 7) is 26.1. The Labute approximate surface area is 675 Å². The summed E-state index contributed by atoms with van der Waals surface area (Å²) in [4.78, 5) is 89.0. The van der Waals surface area contributed by atoms with Gasteiger partial charge < -0.3 is 64.4 Å². The van der Waals surface area contributed by atoms with Gasteiger partial charge in [-0.3, -0.25) is 43.1 Å². The molecule has 0 spiro atoms. The van der Waals surface area contributed by atoms with Crippen LogP contribution >= 0.6 is 57.2 Å². The molecule has 11 rings (SSSR count). The number of fused-ring (bicyclic) bond motifs is 6. The van der Waals surface area contributed by atoms with Gasteiger partial charge in [-0.15, -0.1) is 54.4 Å². The lowest BCUT2D eigenvalue weighted by atomic mass is 9.85. The summed E-state index contributed by atoms with van der Waals surface area (Å²) in [5.41, 5.74) is 10.5. The van der Waals surface area contributed by atoms with Crippen molar-refractivity contribution in [1.29, 1.82) is 0 Å². The Kier molecular flexibility index (Phi) is 29.4. The summed E-state index contributed by atoms with van der Waals surface area (Å²) in [6, 6.07) is 19.3. The van der Waals surface area contributed by atoms with Crippen molar-refractivity contribution in [2.75, 3.05) is 112 Å². The van der Waals surface area contributed by atoms with Crippen LogP contribution in [0.3, 0.4) is 0 Å². The number of hydrogen-bond donors (Lipinski definition) is 5. The fourth-order valence-corrected chi connectivity index (χ4v) is 17.0. The number of thiophene rings is 2. The van der Waals surface area contributed by atoms with Gasteiger partial charge >= 0.3 is 0 Å². The number of aliphatic hydroxyl groups is 1. The molecular weight excluding hydrogens is 1530 g/mol. The van der Waals surface area contributed by atoms with E-state index in [1.807, 2.05) is 137 Å². The van der Waals surface area contributed by atoms with Gasteiger partial charge in [0.1, 0.15) is 52.4 Å². The molecule has 0 bridgehead atoms. The smallest absolute Gasteiger partial charge is 0.246 e. The fraction of sp³-hybridized carbons (Fsp3) is 0.500. The number of aliphatic imine (C=N–C) groups is 2. The molecule has 3 aliphatic rings. The van der Waals surface area contributed by atoms with Gasteiger partial charge in [0.2, 0.25) is 29.5 Å². The number of hydrogen-bond acceptors (Lipinski definition) is 23. The number of likely N-dealkylation sites (tertiary alicyclic amines) is 1. The second-order valence-corrected chi connectivity index (χ2v) is 33.8. The van der Waals surface area contributed by atoms with Gasteiger partial charge in [-0.05, 0) is 107 Å². The SMILES string of the molecule is Cc1ncsc1-c1ccc([C@H](C)NC(=O)[C@@H]2C[C@H](O)CN2C(=O)[C@@H](NC(=O)COCC(C)(COCCOCCOCCNC(=O)C[C@@H]2N=C(c3ccc(Cl)cc3)c3c(sc(C)c3C)-n3c(C)nnc32)COCCOCCOCCNC(=O)C[C@@H]2N=C(c3ccc(Cl)cc3)c3c(sc(C)c3C)-n3c(C)nnc32)C(C)(C)C)cc1. The zero-order chi connectivity index (χ0) is 80.0. The van der Waals surface area contributed by atoms with E-state index in [4.69, 9.17) is 66.3 Å². The average Bonchev–Trinajstić information content (AvgIpc) is 1.59. The summed E-state index contributed by atoms with van der Waals surface area (Å²) in [5, 5.41) is 43.8. The lowest BCUT2D eigenvalue weighted by Crippen LogP contribution is -2.58. The number of halogens is 2. The molecule has 8 heterocycles. The molecule has 0 aliphatic carbocycles. The number of nitrogens with one attached hydrogen (secondary N) is 4. The number of ether oxygens (including phenoxy) is 7. The van der Waals surface area contributed by atoms with Crippen LogP contribution in [-0.2, 0) is 57.1 Å². The van der Waals surface area contributed by atoms with Crippen molar-refractivity contribution in [2.24, 2.45) is 20.8 Å². The molecule has 8 aromatic rings. The Bertz CT molecular complexity index is 4450. The third-order valence-electron chi connectivity index (χ3n) is 19.7. The minimum Gasteiger partial charge on any atom is -0.391 e. The zero-order valence-corrected chi connectivity index (χ0v) is 69.4. The van der Waals surface area contributed by atoms with Crippen molar-refractivity contribution in [2.45, 2.75) is 139 Å². The third kappa shape index (κ3) is 21.3. The molecule has 3 aliphatic heterocycles.